The Hall–Kier alpha value is -3.69. The van der Waals surface area contributed by atoms with Crippen molar-refractivity contribution in [3.63, 3.8) is 0 Å². The first-order chi connectivity index (χ1) is 14.2. The summed E-state index contributed by atoms with van der Waals surface area (Å²) in [5, 5.41) is 4.27. The van der Waals surface area contributed by atoms with Crippen molar-refractivity contribution in [2.24, 2.45) is 0 Å². The average Bonchev–Trinajstić information content (AvgIpc) is 3.00. The van der Waals surface area contributed by atoms with E-state index in [-0.39, 0.29) is 17.8 Å². The molecule has 2 amide bonds. The number of aryl methyl sites for hydroxylation is 1. The molecule has 0 aliphatic heterocycles. The highest BCUT2D eigenvalue weighted by molar-refractivity contribution is 5.93. The minimum absolute atomic E-state index is 0.112. The third kappa shape index (κ3) is 4.65. The van der Waals surface area contributed by atoms with Gasteiger partial charge in [0, 0.05) is 17.5 Å². The predicted molar refractivity (Wildman–Crippen MR) is 102 cm³/mol. The number of pyridine rings is 1. The van der Waals surface area contributed by atoms with Crippen LogP contribution in [-0.2, 0) is 17.4 Å². The zero-order chi connectivity index (χ0) is 21.9. The van der Waals surface area contributed by atoms with E-state index in [1.54, 1.807) is 26.0 Å². The van der Waals surface area contributed by atoms with E-state index in [9.17, 15) is 22.8 Å². The van der Waals surface area contributed by atoms with Gasteiger partial charge in [0.1, 0.15) is 5.69 Å². The highest BCUT2D eigenvalue weighted by Crippen LogP contribution is 2.30. The van der Waals surface area contributed by atoms with Gasteiger partial charge in [0.15, 0.2) is 0 Å². The number of rotatable bonds is 4. The molecular weight excluding hydrogens is 399 g/mol. The molecule has 10 heteroatoms. The summed E-state index contributed by atoms with van der Waals surface area (Å²) in [5.74, 6) is -1.08. The van der Waals surface area contributed by atoms with Gasteiger partial charge in [0.2, 0.25) is 5.91 Å². The molecule has 0 atom stereocenters. The maximum atomic E-state index is 13.0. The van der Waals surface area contributed by atoms with Crippen LogP contribution in [-0.4, -0.2) is 26.6 Å². The van der Waals surface area contributed by atoms with Crippen molar-refractivity contribution >= 4 is 11.8 Å². The number of aromatic nitrogens is 3. The molecule has 0 bridgehead atoms. The van der Waals surface area contributed by atoms with Gasteiger partial charge >= 0.3 is 6.18 Å². The number of nitrogens with one attached hydrogen (secondary N) is 2. The number of hydrogen-bond donors (Lipinski definition) is 2. The Balaban J connectivity index is 1.73. The Bertz CT molecular complexity index is 1080. The van der Waals surface area contributed by atoms with Crippen molar-refractivity contribution in [1.29, 1.82) is 0 Å². The summed E-state index contributed by atoms with van der Waals surface area (Å²) in [4.78, 5) is 28.1. The monoisotopic (exact) mass is 417 g/mol. The molecule has 3 rings (SSSR count). The standard InChI is InChI=1S/C20H18F3N5O2/c1-12-16(11-18(29)25-26-19(30)17-8-3-4-9-24-17)13(2)28(27-12)15-7-5-6-14(10-15)20(21,22)23/h3-10H,11H2,1-2H3,(H,25,29)(H,26,30). The fraction of sp³-hybridized carbons (Fsp3) is 0.200. The number of hydrazine groups is 1. The lowest BCUT2D eigenvalue weighted by Crippen LogP contribution is -2.42. The van der Waals surface area contributed by atoms with E-state index in [1.807, 2.05) is 0 Å². The first-order valence-electron chi connectivity index (χ1n) is 8.89. The van der Waals surface area contributed by atoms with Gasteiger partial charge in [-0.2, -0.15) is 18.3 Å². The van der Waals surface area contributed by atoms with Crippen molar-refractivity contribution in [3.05, 3.63) is 76.9 Å². The van der Waals surface area contributed by atoms with Gasteiger partial charge in [-0.15, -0.1) is 0 Å². The van der Waals surface area contributed by atoms with Gasteiger partial charge in [0.05, 0.1) is 23.4 Å². The van der Waals surface area contributed by atoms with Crippen LogP contribution in [0.2, 0.25) is 0 Å². The van der Waals surface area contributed by atoms with Crippen LogP contribution in [0.5, 0.6) is 0 Å². The maximum absolute atomic E-state index is 13.0. The quantitative estimate of drug-likeness (QED) is 0.639. The van der Waals surface area contributed by atoms with Crippen molar-refractivity contribution in [2.75, 3.05) is 0 Å². The first-order valence-corrected chi connectivity index (χ1v) is 8.89. The number of benzene rings is 1. The second-order valence-electron chi connectivity index (χ2n) is 6.50. The molecule has 0 radical (unpaired) electrons. The van der Waals surface area contributed by atoms with Gasteiger partial charge in [-0.1, -0.05) is 12.1 Å². The normalized spacial score (nSPS) is 11.2. The Morgan fingerprint density at radius 1 is 1.07 bits per heavy atom. The van der Waals surface area contributed by atoms with Crippen molar-refractivity contribution in [2.45, 2.75) is 26.4 Å². The Morgan fingerprint density at radius 2 is 1.83 bits per heavy atom. The lowest BCUT2D eigenvalue weighted by Gasteiger charge is -2.10. The van der Waals surface area contributed by atoms with E-state index < -0.39 is 23.6 Å². The predicted octanol–water partition coefficient (Wildman–Crippen LogP) is 2.91. The minimum Gasteiger partial charge on any atom is -0.273 e. The maximum Gasteiger partial charge on any atom is 0.416 e. The molecule has 2 aromatic heterocycles. The molecule has 2 N–H and O–H groups in total. The summed E-state index contributed by atoms with van der Waals surface area (Å²) < 4.78 is 40.3. The zero-order valence-electron chi connectivity index (χ0n) is 16.1. The molecule has 0 spiro atoms. The number of alkyl halides is 3. The summed E-state index contributed by atoms with van der Waals surface area (Å²) in [7, 11) is 0. The summed E-state index contributed by atoms with van der Waals surface area (Å²) in [6.07, 6.45) is -3.13. The first kappa shape index (κ1) is 21.0. The van der Waals surface area contributed by atoms with Crippen molar-refractivity contribution in [1.82, 2.24) is 25.6 Å². The highest BCUT2D eigenvalue weighted by Gasteiger charge is 2.30. The van der Waals surface area contributed by atoms with Crippen LogP contribution in [0.3, 0.4) is 0 Å². The number of carbonyl (C=O) groups excluding carboxylic acids is 2. The average molecular weight is 417 g/mol. The minimum atomic E-state index is -4.47. The second-order valence-corrected chi connectivity index (χ2v) is 6.50. The largest absolute Gasteiger partial charge is 0.416 e. The van der Waals surface area contributed by atoms with E-state index in [1.165, 1.54) is 29.1 Å². The fourth-order valence-corrected chi connectivity index (χ4v) is 2.89. The number of carbonyl (C=O) groups is 2. The van der Waals surface area contributed by atoms with Crippen molar-refractivity contribution < 1.29 is 22.8 Å². The van der Waals surface area contributed by atoms with Crippen molar-refractivity contribution in [3.8, 4) is 5.69 Å². The van der Waals surface area contributed by atoms with Gasteiger partial charge in [0.25, 0.3) is 5.91 Å². The number of amides is 2. The zero-order valence-corrected chi connectivity index (χ0v) is 16.1. The van der Waals surface area contributed by atoms with Crippen LogP contribution in [0.1, 0.15) is 33.0 Å². The van der Waals surface area contributed by atoms with Crippen LogP contribution in [0.25, 0.3) is 5.69 Å². The molecule has 2 heterocycles. The highest BCUT2D eigenvalue weighted by atomic mass is 19.4. The Labute approximate surface area is 169 Å². The molecule has 1 aromatic carbocycles. The van der Waals surface area contributed by atoms with E-state index in [0.29, 0.717) is 17.0 Å². The molecule has 0 saturated heterocycles. The van der Waals surface area contributed by atoms with Crippen LogP contribution >= 0.6 is 0 Å². The Kier molecular flexibility index (Phi) is 5.86. The smallest absolute Gasteiger partial charge is 0.273 e. The molecule has 3 aromatic rings. The Morgan fingerprint density at radius 3 is 2.50 bits per heavy atom. The van der Waals surface area contributed by atoms with E-state index >= 15 is 0 Å². The van der Waals surface area contributed by atoms with E-state index in [2.05, 4.69) is 20.9 Å². The third-order valence-electron chi connectivity index (χ3n) is 4.41. The SMILES string of the molecule is Cc1nn(-c2cccc(C(F)(F)F)c2)c(C)c1CC(=O)NNC(=O)c1ccccn1. The lowest BCUT2D eigenvalue weighted by molar-refractivity contribution is -0.137. The topological polar surface area (TPSA) is 88.9 Å². The summed E-state index contributed by atoms with van der Waals surface area (Å²) in [5.41, 5.74) is 5.73. The fourth-order valence-electron chi connectivity index (χ4n) is 2.89. The van der Waals surface area contributed by atoms with E-state index in [0.717, 1.165) is 12.1 Å². The molecule has 0 fully saturated rings. The van der Waals surface area contributed by atoms with Crippen LogP contribution < -0.4 is 10.9 Å². The second kappa shape index (κ2) is 8.36. The van der Waals surface area contributed by atoms with Crippen LogP contribution in [0.4, 0.5) is 13.2 Å². The van der Waals surface area contributed by atoms with Gasteiger partial charge in [-0.05, 0) is 44.2 Å². The van der Waals surface area contributed by atoms with Crippen LogP contribution in [0.15, 0.2) is 48.7 Å². The molecule has 0 saturated carbocycles. The summed E-state index contributed by atoms with van der Waals surface area (Å²) >= 11 is 0. The van der Waals surface area contributed by atoms with Gasteiger partial charge in [-0.3, -0.25) is 25.4 Å². The number of hydrogen-bond acceptors (Lipinski definition) is 4. The molecule has 7 nitrogen and oxygen atoms in total. The molecular formula is C20H18F3N5O2. The van der Waals surface area contributed by atoms with E-state index in [4.69, 9.17) is 0 Å². The number of halogens is 3. The van der Waals surface area contributed by atoms with Gasteiger partial charge in [-0.25, -0.2) is 4.68 Å². The lowest BCUT2D eigenvalue weighted by atomic mass is 10.1. The summed E-state index contributed by atoms with van der Waals surface area (Å²) in [6, 6.07) is 9.57. The summed E-state index contributed by atoms with van der Waals surface area (Å²) in [6.45, 7) is 3.32. The molecule has 0 aliphatic rings. The van der Waals surface area contributed by atoms with Gasteiger partial charge < -0.3 is 0 Å². The molecule has 0 aliphatic carbocycles. The molecule has 156 valence electrons. The number of nitrogens with zero attached hydrogens (tertiary/aromatic N) is 3. The third-order valence-corrected chi connectivity index (χ3v) is 4.41. The molecule has 30 heavy (non-hydrogen) atoms. The molecule has 0 unspecified atom stereocenters. The van der Waals surface area contributed by atoms with Crippen LogP contribution in [0, 0.1) is 13.8 Å².